The van der Waals surface area contributed by atoms with Gasteiger partial charge in [-0.1, -0.05) is 41.0 Å². The lowest BCUT2D eigenvalue weighted by molar-refractivity contribution is 0.0985. The summed E-state index contributed by atoms with van der Waals surface area (Å²) in [5, 5.41) is 8.13. The van der Waals surface area contributed by atoms with Crippen molar-refractivity contribution in [2.24, 2.45) is 0 Å². The molecule has 7 nitrogen and oxygen atoms in total. The van der Waals surface area contributed by atoms with Crippen molar-refractivity contribution in [1.82, 2.24) is 15.3 Å². The number of hydrogen-bond acceptors (Lipinski definition) is 7. The van der Waals surface area contributed by atoms with Crippen molar-refractivity contribution in [1.29, 1.82) is 0 Å². The van der Waals surface area contributed by atoms with Crippen LogP contribution in [0.5, 0.6) is 0 Å². The van der Waals surface area contributed by atoms with Crippen LogP contribution in [0.2, 0.25) is 10.0 Å². The van der Waals surface area contributed by atoms with Crippen molar-refractivity contribution in [3.8, 4) is 0 Å². The van der Waals surface area contributed by atoms with Gasteiger partial charge in [0.15, 0.2) is 0 Å². The van der Waals surface area contributed by atoms with Crippen LogP contribution in [0.4, 0.5) is 23.0 Å². The maximum absolute atomic E-state index is 13.1. The van der Waals surface area contributed by atoms with Gasteiger partial charge in [-0.2, -0.15) is 0 Å². The highest BCUT2D eigenvalue weighted by Crippen LogP contribution is 2.39. The van der Waals surface area contributed by atoms with E-state index in [-0.39, 0.29) is 5.91 Å². The minimum absolute atomic E-state index is 0.222. The van der Waals surface area contributed by atoms with Crippen molar-refractivity contribution in [2.45, 2.75) is 18.0 Å². The summed E-state index contributed by atoms with van der Waals surface area (Å²) in [6, 6.07) is 13.9. The number of nitrogens with one attached hydrogen (secondary N) is 2. The van der Waals surface area contributed by atoms with E-state index in [1.165, 1.54) is 17.4 Å². The van der Waals surface area contributed by atoms with Gasteiger partial charge in [-0.05, 0) is 43.3 Å². The lowest BCUT2D eigenvalue weighted by Crippen LogP contribution is -2.49. The van der Waals surface area contributed by atoms with Crippen LogP contribution in [0, 0.1) is 0 Å². The standard InChI is InChI=1S/C23H22Cl2N6OS/c1-14-11-26-9-10-30(14)16-7-5-15(6-8-16)28-23-27-12-17-21(29-23)33-13-31(22(17)32)20-18(24)3-2-4-19(20)25/h2-8,12,14,26H,9-11,13H2,1H3,(H,27,28,29)/t14-/m1/s1. The fourth-order valence-electron chi connectivity index (χ4n) is 4.02. The molecule has 1 atom stereocenters. The number of thioether (sulfide) groups is 1. The Hall–Kier alpha value is -2.52. The minimum atomic E-state index is -0.222. The van der Waals surface area contributed by atoms with Crippen LogP contribution in [0.25, 0.3) is 0 Å². The number of halogens is 2. The van der Waals surface area contributed by atoms with Crippen molar-refractivity contribution in [3.05, 3.63) is 64.3 Å². The first-order valence-electron chi connectivity index (χ1n) is 10.6. The number of para-hydroxylation sites is 1. The molecular weight excluding hydrogens is 479 g/mol. The predicted molar refractivity (Wildman–Crippen MR) is 135 cm³/mol. The van der Waals surface area contributed by atoms with E-state index in [1.807, 2.05) is 12.1 Å². The largest absolute Gasteiger partial charge is 0.366 e. The Bertz CT molecular complexity index is 1170. The molecule has 2 aliphatic rings. The second-order valence-electron chi connectivity index (χ2n) is 7.91. The molecule has 3 heterocycles. The highest BCUT2D eigenvalue weighted by Gasteiger charge is 2.30. The molecule has 1 fully saturated rings. The molecule has 5 rings (SSSR count). The van der Waals surface area contributed by atoms with Gasteiger partial charge >= 0.3 is 0 Å². The zero-order valence-electron chi connectivity index (χ0n) is 17.9. The molecule has 1 amide bonds. The van der Waals surface area contributed by atoms with E-state index < -0.39 is 0 Å². The third-order valence-corrected chi connectivity index (χ3v) is 7.31. The Morgan fingerprint density at radius 2 is 1.91 bits per heavy atom. The van der Waals surface area contributed by atoms with Crippen LogP contribution in [0.15, 0.2) is 53.7 Å². The van der Waals surface area contributed by atoms with Gasteiger partial charge in [0.25, 0.3) is 5.91 Å². The number of rotatable bonds is 4. The normalized spacial score (nSPS) is 18.3. The molecule has 33 heavy (non-hydrogen) atoms. The summed E-state index contributed by atoms with van der Waals surface area (Å²) in [7, 11) is 0. The van der Waals surface area contributed by atoms with Crippen LogP contribution in [0.1, 0.15) is 17.3 Å². The fraction of sp³-hybridized carbons (Fsp3) is 0.261. The number of carbonyl (C=O) groups excluding carboxylic acids is 1. The molecule has 0 saturated carbocycles. The quantitative estimate of drug-likeness (QED) is 0.486. The molecule has 2 N–H and O–H groups in total. The molecular formula is C23H22Cl2N6OS. The van der Waals surface area contributed by atoms with E-state index in [1.54, 1.807) is 29.3 Å². The first kappa shape index (κ1) is 22.3. The average molecular weight is 501 g/mol. The number of aromatic nitrogens is 2. The zero-order chi connectivity index (χ0) is 22.9. The summed E-state index contributed by atoms with van der Waals surface area (Å²) >= 11 is 14.1. The van der Waals surface area contributed by atoms with Crippen LogP contribution in [0.3, 0.4) is 0 Å². The third-order valence-electron chi connectivity index (χ3n) is 5.72. The first-order chi connectivity index (χ1) is 16.0. The molecule has 10 heteroatoms. The number of amides is 1. The monoisotopic (exact) mass is 500 g/mol. The Morgan fingerprint density at radius 3 is 2.64 bits per heavy atom. The lowest BCUT2D eigenvalue weighted by atomic mass is 10.1. The van der Waals surface area contributed by atoms with Crippen molar-refractivity contribution in [2.75, 3.05) is 40.6 Å². The van der Waals surface area contributed by atoms with Gasteiger partial charge in [0.1, 0.15) is 5.03 Å². The highest BCUT2D eigenvalue weighted by molar-refractivity contribution is 7.99. The van der Waals surface area contributed by atoms with E-state index in [0.29, 0.717) is 44.2 Å². The van der Waals surface area contributed by atoms with Gasteiger partial charge in [0.2, 0.25) is 5.95 Å². The first-order valence-corrected chi connectivity index (χ1v) is 12.4. The molecule has 0 aliphatic carbocycles. The summed E-state index contributed by atoms with van der Waals surface area (Å²) < 4.78 is 0. The maximum Gasteiger partial charge on any atom is 0.263 e. The Balaban J connectivity index is 1.32. The van der Waals surface area contributed by atoms with E-state index in [4.69, 9.17) is 23.2 Å². The summed E-state index contributed by atoms with van der Waals surface area (Å²) in [5.74, 6) is 0.588. The minimum Gasteiger partial charge on any atom is -0.366 e. The maximum atomic E-state index is 13.1. The number of nitrogens with zero attached hydrogens (tertiary/aromatic N) is 4. The molecule has 0 radical (unpaired) electrons. The van der Waals surface area contributed by atoms with E-state index in [2.05, 4.69) is 44.6 Å². The molecule has 2 aromatic carbocycles. The van der Waals surface area contributed by atoms with Gasteiger partial charge in [-0.15, -0.1) is 0 Å². The molecule has 1 saturated heterocycles. The van der Waals surface area contributed by atoms with Crippen molar-refractivity contribution < 1.29 is 4.79 Å². The van der Waals surface area contributed by atoms with E-state index in [9.17, 15) is 4.79 Å². The van der Waals surface area contributed by atoms with Gasteiger partial charge in [0.05, 0.1) is 27.2 Å². The molecule has 170 valence electrons. The van der Waals surface area contributed by atoms with Gasteiger partial charge in [0, 0.05) is 43.2 Å². The van der Waals surface area contributed by atoms with Crippen molar-refractivity contribution >= 4 is 63.9 Å². The summed E-state index contributed by atoms with van der Waals surface area (Å²) in [6.07, 6.45) is 1.55. The number of benzene rings is 2. The Labute approximate surface area is 206 Å². The molecule has 3 aromatic rings. The summed E-state index contributed by atoms with van der Waals surface area (Å²) in [4.78, 5) is 26.0. The SMILES string of the molecule is C[C@@H]1CNCCN1c1ccc(Nc2ncc3c(n2)SCN(c2c(Cl)cccc2Cl)C3=O)cc1. The second kappa shape index (κ2) is 9.38. The van der Waals surface area contributed by atoms with Gasteiger partial charge in [-0.25, -0.2) is 9.97 Å². The summed E-state index contributed by atoms with van der Waals surface area (Å²) in [5.41, 5.74) is 3.01. The van der Waals surface area contributed by atoms with E-state index in [0.717, 1.165) is 25.3 Å². The topological polar surface area (TPSA) is 73.4 Å². The van der Waals surface area contributed by atoms with E-state index >= 15 is 0 Å². The van der Waals surface area contributed by atoms with Crippen LogP contribution < -0.4 is 20.4 Å². The Kier molecular flexibility index (Phi) is 6.34. The molecule has 1 aromatic heterocycles. The molecule has 0 unspecified atom stereocenters. The van der Waals surface area contributed by atoms with Gasteiger partial charge < -0.3 is 15.5 Å². The number of hydrogen-bond donors (Lipinski definition) is 2. The smallest absolute Gasteiger partial charge is 0.263 e. The molecule has 0 spiro atoms. The molecule has 0 bridgehead atoms. The number of fused-ring (bicyclic) bond motifs is 1. The predicted octanol–water partition coefficient (Wildman–Crippen LogP) is 5.04. The highest BCUT2D eigenvalue weighted by atomic mass is 35.5. The van der Waals surface area contributed by atoms with Crippen LogP contribution >= 0.6 is 35.0 Å². The number of anilines is 4. The summed E-state index contributed by atoms with van der Waals surface area (Å²) in [6.45, 7) is 5.19. The van der Waals surface area contributed by atoms with Gasteiger partial charge in [-0.3, -0.25) is 9.69 Å². The average Bonchev–Trinajstić information content (AvgIpc) is 2.81. The van der Waals surface area contributed by atoms with Crippen LogP contribution in [-0.4, -0.2) is 47.4 Å². The third kappa shape index (κ3) is 4.48. The van der Waals surface area contributed by atoms with Crippen molar-refractivity contribution in [3.63, 3.8) is 0 Å². The number of piperazine rings is 1. The Morgan fingerprint density at radius 1 is 1.15 bits per heavy atom. The fourth-order valence-corrected chi connectivity index (χ4v) is 5.56. The number of carbonyl (C=O) groups is 1. The lowest BCUT2D eigenvalue weighted by Gasteiger charge is -2.36. The van der Waals surface area contributed by atoms with Crippen LogP contribution in [-0.2, 0) is 0 Å². The molecule has 2 aliphatic heterocycles. The zero-order valence-corrected chi connectivity index (χ0v) is 20.2. The second-order valence-corrected chi connectivity index (χ2v) is 9.66.